The van der Waals surface area contributed by atoms with Gasteiger partial charge < -0.3 is 15.8 Å². The van der Waals surface area contributed by atoms with Gasteiger partial charge >= 0.3 is 0 Å². The van der Waals surface area contributed by atoms with Gasteiger partial charge in [-0.25, -0.2) is 4.99 Å². The number of nitrogens with zero attached hydrogens (tertiary/aromatic N) is 2. The highest BCUT2D eigenvalue weighted by Crippen LogP contribution is 2.44. The largest absolute Gasteiger partial charge is 0.379 e. The molecule has 0 radical (unpaired) electrons. The fourth-order valence-corrected chi connectivity index (χ4v) is 4.45. The molecule has 6 nitrogen and oxygen atoms in total. The zero-order chi connectivity index (χ0) is 18.1. The number of pyridine rings is 1. The number of nitrogens with two attached hydrogens (primary N) is 1. The van der Waals surface area contributed by atoms with Gasteiger partial charge in [-0.3, -0.25) is 9.78 Å². The van der Waals surface area contributed by atoms with Crippen LogP contribution in [-0.2, 0) is 23.4 Å². The first-order valence-corrected chi connectivity index (χ1v) is 9.48. The Morgan fingerprint density at radius 1 is 1.42 bits per heavy atom. The standard InChI is InChI=1S/C19H20N4O2S/c1-12-19(11-26-18(20)23-19)15-8-13(5-6-14(15)10-25-12)9-22-17(24)16-4-2-3-7-21-16/h2-8,12H,9-11H2,1H3,(H2,20,23)(H,22,24). The third-order valence-electron chi connectivity index (χ3n) is 4.90. The van der Waals surface area contributed by atoms with E-state index in [0.29, 0.717) is 24.0 Å². The Morgan fingerprint density at radius 3 is 3.04 bits per heavy atom. The zero-order valence-electron chi connectivity index (χ0n) is 14.4. The van der Waals surface area contributed by atoms with E-state index >= 15 is 0 Å². The number of amides is 1. The number of rotatable bonds is 3. The van der Waals surface area contributed by atoms with E-state index < -0.39 is 5.54 Å². The maximum absolute atomic E-state index is 12.2. The van der Waals surface area contributed by atoms with E-state index in [2.05, 4.69) is 22.4 Å². The van der Waals surface area contributed by atoms with E-state index in [-0.39, 0.29) is 12.0 Å². The molecule has 1 spiro atoms. The van der Waals surface area contributed by atoms with Gasteiger partial charge in [0.25, 0.3) is 5.91 Å². The summed E-state index contributed by atoms with van der Waals surface area (Å²) in [5.74, 6) is 0.588. The molecule has 26 heavy (non-hydrogen) atoms. The molecule has 3 heterocycles. The third kappa shape index (κ3) is 2.97. The summed E-state index contributed by atoms with van der Waals surface area (Å²) in [6, 6.07) is 11.5. The van der Waals surface area contributed by atoms with Gasteiger partial charge in [0.2, 0.25) is 0 Å². The Balaban J connectivity index is 1.58. The van der Waals surface area contributed by atoms with Gasteiger partial charge in [0, 0.05) is 18.5 Å². The van der Waals surface area contributed by atoms with E-state index in [0.717, 1.165) is 22.4 Å². The molecule has 1 aromatic carbocycles. The summed E-state index contributed by atoms with van der Waals surface area (Å²) in [7, 11) is 0. The van der Waals surface area contributed by atoms with Crippen molar-refractivity contribution in [3.05, 3.63) is 65.0 Å². The fourth-order valence-electron chi connectivity index (χ4n) is 3.40. The number of aromatic nitrogens is 1. The highest BCUT2D eigenvalue weighted by molar-refractivity contribution is 8.14. The number of ether oxygens (including phenoxy) is 1. The second-order valence-electron chi connectivity index (χ2n) is 6.51. The van der Waals surface area contributed by atoms with Crippen LogP contribution in [0.3, 0.4) is 0 Å². The molecule has 1 aromatic heterocycles. The summed E-state index contributed by atoms with van der Waals surface area (Å²) >= 11 is 1.56. The number of hydrogen-bond donors (Lipinski definition) is 2. The lowest BCUT2D eigenvalue weighted by atomic mass is 9.81. The van der Waals surface area contributed by atoms with E-state index in [4.69, 9.17) is 15.5 Å². The number of thioether (sulfide) groups is 1. The van der Waals surface area contributed by atoms with E-state index in [1.165, 1.54) is 0 Å². The lowest BCUT2D eigenvalue weighted by Gasteiger charge is -2.38. The monoisotopic (exact) mass is 368 g/mol. The number of hydrogen-bond acceptors (Lipinski definition) is 6. The van der Waals surface area contributed by atoms with Gasteiger partial charge in [-0.2, -0.15) is 0 Å². The number of carbonyl (C=O) groups excluding carboxylic acids is 1. The molecule has 7 heteroatoms. The van der Waals surface area contributed by atoms with Crippen LogP contribution in [0.2, 0.25) is 0 Å². The van der Waals surface area contributed by atoms with E-state index in [9.17, 15) is 4.79 Å². The minimum Gasteiger partial charge on any atom is -0.379 e. The molecule has 0 saturated carbocycles. The van der Waals surface area contributed by atoms with Crippen molar-refractivity contribution in [2.75, 3.05) is 5.75 Å². The smallest absolute Gasteiger partial charge is 0.270 e. The number of carbonyl (C=O) groups is 1. The normalized spacial score (nSPS) is 24.2. The van der Waals surface area contributed by atoms with Crippen molar-refractivity contribution >= 4 is 22.8 Å². The SMILES string of the molecule is CC1OCc2ccc(CNC(=O)c3ccccn3)cc2C12CSC(N)=N2. The van der Waals surface area contributed by atoms with E-state index in [1.807, 2.05) is 13.0 Å². The van der Waals surface area contributed by atoms with Gasteiger partial charge in [0.1, 0.15) is 11.2 Å². The van der Waals surface area contributed by atoms with E-state index in [1.54, 1.807) is 36.2 Å². The number of amidine groups is 1. The molecule has 2 aliphatic rings. The summed E-state index contributed by atoms with van der Waals surface area (Å²) in [5, 5.41) is 3.52. The summed E-state index contributed by atoms with van der Waals surface area (Å²) in [6.45, 7) is 3.04. The molecule has 2 aromatic rings. The van der Waals surface area contributed by atoms with Crippen molar-refractivity contribution in [3.8, 4) is 0 Å². The summed E-state index contributed by atoms with van der Waals surface area (Å²) in [6.07, 6.45) is 1.57. The zero-order valence-corrected chi connectivity index (χ0v) is 15.3. The average molecular weight is 368 g/mol. The van der Waals surface area contributed by atoms with Gasteiger partial charge in [-0.1, -0.05) is 36.0 Å². The van der Waals surface area contributed by atoms with Crippen molar-refractivity contribution in [1.82, 2.24) is 10.3 Å². The number of fused-ring (bicyclic) bond motifs is 2. The quantitative estimate of drug-likeness (QED) is 0.867. The Hall–Kier alpha value is -2.38. The highest BCUT2D eigenvalue weighted by Gasteiger charge is 2.46. The summed E-state index contributed by atoms with van der Waals surface area (Å²) < 4.78 is 5.93. The van der Waals surface area contributed by atoms with Crippen molar-refractivity contribution in [1.29, 1.82) is 0 Å². The van der Waals surface area contributed by atoms with Crippen molar-refractivity contribution in [3.63, 3.8) is 0 Å². The molecule has 0 saturated heterocycles. The first kappa shape index (κ1) is 17.1. The average Bonchev–Trinajstić information content (AvgIpc) is 3.07. The lowest BCUT2D eigenvalue weighted by Crippen LogP contribution is -2.42. The van der Waals surface area contributed by atoms with Crippen molar-refractivity contribution in [2.45, 2.75) is 31.7 Å². The Kier molecular flexibility index (Phi) is 4.42. The van der Waals surface area contributed by atoms with Gasteiger partial charge in [0.15, 0.2) is 5.17 Å². The van der Waals surface area contributed by atoms with Gasteiger partial charge in [0.05, 0.1) is 12.7 Å². The predicted molar refractivity (Wildman–Crippen MR) is 102 cm³/mol. The minimum absolute atomic E-state index is 0.0399. The second kappa shape index (κ2) is 6.74. The molecule has 0 aliphatic carbocycles. The molecule has 3 N–H and O–H groups in total. The molecule has 1 amide bonds. The molecule has 4 rings (SSSR count). The van der Waals surface area contributed by atoms with Crippen LogP contribution in [-0.4, -0.2) is 27.9 Å². The first-order valence-electron chi connectivity index (χ1n) is 8.50. The van der Waals surface area contributed by atoms with Crippen molar-refractivity contribution < 1.29 is 9.53 Å². The second-order valence-corrected chi connectivity index (χ2v) is 7.50. The lowest BCUT2D eigenvalue weighted by molar-refractivity contribution is -0.00905. The molecule has 2 atom stereocenters. The Labute approximate surface area is 156 Å². The Morgan fingerprint density at radius 2 is 2.31 bits per heavy atom. The van der Waals surface area contributed by atoms with Crippen LogP contribution in [0.1, 0.15) is 34.1 Å². The van der Waals surface area contributed by atoms with Crippen LogP contribution in [0, 0.1) is 0 Å². The summed E-state index contributed by atoms with van der Waals surface area (Å²) in [5.41, 5.74) is 9.22. The molecule has 0 bridgehead atoms. The minimum atomic E-state index is -0.441. The topological polar surface area (TPSA) is 89.6 Å². The van der Waals surface area contributed by atoms with Crippen LogP contribution in [0.5, 0.6) is 0 Å². The van der Waals surface area contributed by atoms with Crippen LogP contribution >= 0.6 is 11.8 Å². The number of nitrogens with one attached hydrogen (secondary N) is 1. The number of benzene rings is 1. The molecule has 134 valence electrons. The molecular formula is C19H20N4O2S. The predicted octanol–water partition coefficient (Wildman–Crippen LogP) is 2.19. The summed E-state index contributed by atoms with van der Waals surface area (Å²) in [4.78, 5) is 21.0. The van der Waals surface area contributed by atoms with Gasteiger partial charge in [-0.05, 0) is 35.7 Å². The first-order chi connectivity index (χ1) is 12.6. The highest BCUT2D eigenvalue weighted by atomic mass is 32.2. The fraction of sp³-hybridized carbons (Fsp3) is 0.316. The maximum Gasteiger partial charge on any atom is 0.270 e. The van der Waals surface area contributed by atoms with Crippen LogP contribution in [0.15, 0.2) is 47.6 Å². The van der Waals surface area contributed by atoms with Crippen LogP contribution in [0.4, 0.5) is 0 Å². The molecule has 2 unspecified atom stereocenters. The number of aliphatic imine (C=N–C) groups is 1. The van der Waals surface area contributed by atoms with Crippen LogP contribution < -0.4 is 11.1 Å². The maximum atomic E-state index is 12.2. The molecule has 2 aliphatic heterocycles. The third-order valence-corrected chi connectivity index (χ3v) is 5.87. The van der Waals surface area contributed by atoms with Crippen molar-refractivity contribution in [2.24, 2.45) is 10.7 Å². The Bertz CT molecular complexity index is 871. The van der Waals surface area contributed by atoms with Gasteiger partial charge in [-0.15, -0.1) is 0 Å². The molecule has 0 fully saturated rings. The van der Waals surface area contributed by atoms with Crippen LogP contribution in [0.25, 0.3) is 0 Å². The molecular weight excluding hydrogens is 348 g/mol.